The highest BCUT2D eigenvalue weighted by molar-refractivity contribution is 5.91. The number of aryl methyl sites for hydroxylation is 1. The van der Waals surface area contributed by atoms with Gasteiger partial charge in [-0.25, -0.2) is 14.5 Å². The van der Waals surface area contributed by atoms with E-state index in [0.717, 1.165) is 12.1 Å². The largest absolute Gasteiger partial charge is 0.485 e. The molecular formula is C15H19N3O3. The highest BCUT2D eigenvalue weighted by atomic mass is 16.5. The second-order valence-electron chi connectivity index (χ2n) is 5.35. The van der Waals surface area contributed by atoms with Gasteiger partial charge in [-0.15, -0.1) is 0 Å². The zero-order valence-electron chi connectivity index (χ0n) is 12.4. The van der Waals surface area contributed by atoms with Crippen LogP contribution in [0.2, 0.25) is 0 Å². The molecule has 0 saturated carbocycles. The number of rotatable bonds is 6. The molecule has 21 heavy (non-hydrogen) atoms. The number of carboxylic acid groups (broad SMARTS) is 1. The Labute approximate surface area is 123 Å². The van der Waals surface area contributed by atoms with Crippen LogP contribution >= 0.6 is 0 Å². The number of benzene rings is 1. The average Bonchev–Trinajstić information content (AvgIpc) is 2.83. The zero-order valence-corrected chi connectivity index (χ0v) is 12.4. The Hall–Kier alpha value is -2.37. The predicted octanol–water partition coefficient (Wildman–Crippen LogP) is 2.52. The van der Waals surface area contributed by atoms with Crippen molar-refractivity contribution in [3.8, 4) is 5.75 Å². The average molecular weight is 289 g/mol. The van der Waals surface area contributed by atoms with Crippen LogP contribution in [0, 0.1) is 12.8 Å². The molecule has 0 spiro atoms. The van der Waals surface area contributed by atoms with Crippen LogP contribution in [0.25, 0.3) is 0 Å². The van der Waals surface area contributed by atoms with E-state index in [2.05, 4.69) is 23.9 Å². The number of carboxylic acids is 1. The van der Waals surface area contributed by atoms with Gasteiger partial charge in [0.2, 0.25) is 0 Å². The highest BCUT2D eigenvalue weighted by Crippen LogP contribution is 2.21. The number of aromatic nitrogens is 3. The van der Waals surface area contributed by atoms with Crippen molar-refractivity contribution in [1.82, 2.24) is 14.8 Å². The summed E-state index contributed by atoms with van der Waals surface area (Å²) in [7, 11) is 0. The molecule has 0 aliphatic carbocycles. The van der Waals surface area contributed by atoms with Gasteiger partial charge in [0.25, 0.3) is 0 Å². The summed E-state index contributed by atoms with van der Waals surface area (Å²) >= 11 is 0. The standard InChI is InChI=1S/C15H19N3O3/c1-10(2)7-18-14(16-9-17-18)8-21-13-5-4-11(3)6-12(13)15(19)20/h4-6,9-10H,7-8H2,1-3H3,(H,19,20). The minimum absolute atomic E-state index is 0.157. The monoisotopic (exact) mass is 289 g/mol. The molecule has 6 heteroatoms. The van der Waals surface area contributed by atoms with E-state index in [-0.39, 0.29) is 12.2 Å². The molecule has 0 bridgehead atoms. The zero-order chi connectivity index (χ0) is 15.4. The number of carbonyl (C=O) groups is 1. The topological polar surface area (TPSA) is 77.2 Å². The summed E-state index contributed by atoms with van der Waals surface area (Å²) in [5.74, 6) is 0.463. The Morgan fingerprint density at radius 2 is 2.19 bits per heavy atom. The van der Waals surface area contributed by atoms with E-state index in [9.17, 15) is 9.90 Å². The fraction of sp³-hybridized carbons (Fsp3) is 0.400. The molecule has 0 radical (unpaired) electrons. The van der Waals surface area contributed by atoms with Crippen LogP contribution in [-0.2, 0) is 13.2 Å². The normalized spacial score (nSPS) is 10.9. The highest BCUT2D eigenvalue weighted by Gasteiger charge is 2.13. The van der Waals surface area contributed by atoms with E-state index < -0.39 is 5.97 Å². The number of ether oxygens (including phenoxy) is 1. The third-order valence-corrected chi connectivity index (χ3v) is 2.96. The lowest BCUT2D eigenvalue weighted by Crippen LogP contribution is -2.13. The van der Waals surface area contributed by atoms with Crippen LogP contribution in [-0.4, -0.2) is 25.8 Å². The van der Waals surface area contributed by atoms with Crippen molar-refractivity contribution in [3.05, 3.63) is 41.5 Å². The number of hydrogen-bond acceptors (Lipinski definition) is 4. The molecule has 0 unspecified atom stereocenters. The SMILES string of the molecule is Cc1ccc(OCc2ncnn2CC(C)C)c(C(=O)O)c1. The van der Waals surface area contributed by atoms with Crippen LogP contribution < -0.4 is 4.74 Å². The van der Waals surface area contributed by atoms with E-state index in [1.807, 2.05) is 13.0 Å². The summed E-state index contributed by atoms with van der Waals surface area (Å²) in [6, 6.07) is 5.08. The molecular weight excluding hydrogens is 270 g/mol. The predicted molar refractivity (Wildman–Crippen MR) is 77.3 cm³/mol. The maximum atomic E-state index is 11.2. The van der Waals surface area contributed by atoms with Gasteiger partial charge in [-0.2, -0.15) is 5.10 Å². The lowest BCUT2D eigenvalue weighted by molar-refractivity contribution is 0.0691. The molecule has 0 saturated heterocycles. The number of nitrogens with zero attached hydrogens (tertiary/aromatic N) is 3. The van der Waals surface area contributed by atoms with Crippen LogP contribution in [0.15, 0.2) is 24.5 Å². The van der Waals surface area contributed by atoms with Crippen molar-refractivity contribution in [2.75, 3.05) is 0 Å². The first-order chi connectivity index (χ1) is 9.97. The summed E-state index contributed by atoms with van der Waals surface area (Å²) in [6.45, 7) is 6.97. The number of hydrogen-bond donors (Lipinski definition) is 1. The van der Waals surface area contributed by atoms with Crippen molar-refractivity contribution < 1.29 is 14.6 Å². The summed E-state index contributed by atoms with van der Waals surface area (Å²) in [4.78, 5) is 15.4. The summed E-state index contributed by atoms with van der Waals surface area (Å²) in [6.07, 6.45) is 1.48. The molecule has 2 aromatic rings. The fourth-order valence-electron chi connectivity index (χ4n) is 1.98. The van der Waals surface area contributed by atoms with Crippen LogP contribution in [0.5, 0.6) is 5.75 Å². The number of aromatic carboxylic acids is 1. The molecule has 1 aromatic carbocycles. The van der Waals surface area contributed by atoms with Crippen molar-refractivity contribution in [1.29, 1.82) is 0 Å². The van der Waals surface area contributed by atoms with Crippen molar-refractivity contribution >= 4 is 5.97 Å². The second kappa shape index (κ2) is 6.39. The smallest absolute Gasteiger partial charge is 0.339 e. The first-order valence-corrected chi connectivity index (χ1v) is 6.80. The van der Waals surface area contributed by atoms with Gasteiger partial charge in [0.1, 0.15) is 24.2 Å². The molecule has 0 aliphatic rings. The van der Waals surface area contributed by atoms with Crippen LogP contribution in [0.1, 0.15) is 35.6 Å². The van der Waals surface area contributed by atoms with E-state index in [0.29, 0.717) is 17.5 Å². The Morgan fingerprint density at radius 1 is 1.43 bits per heavy atom. The van der Waals surface area contributed by atoms with Crippen molar-refractivity contribution in [3.63, 3.8) is 0 Å². The molecule has 6 nitrogen and oxygen atoms in total. The van der Waals surface area contributed by atoms with Gasteiger partial charge < -0.3 is 9.84 Å². The molecule has 0 aliphatic heterocycles. The first-order valence-electron chi connectivity index (χ1n) is 6.80. The summed E-state index contributed by atoms with van der Waals surface area (Å²) in [5, 5.41) is 13.4. The van der Waals surface area contributed by atoms with E-state index in [1.54, 1.807) is 16.8 Å². The van der Waals surface area contributed by atoms with Gasteiger partial charge in [-0.3, -0.25) is 0 Å². The first kappa shape index (κ1) is 15.0. The molecule has 0 fully saturated rings. The lowest BCUT2D eigenvalue weighted by Gasteiger charge is -2.11. The van der Waals surface area contributed by atoms with Gasteiger partial charge in [0, 0.05) is 6.54 Å². The van der Waals surface area contributed by atoms with Gasteiger partial charge in [-0.1, -0.05) is 25.5 Å². The minimum Gasteiger partial charge on any atom is -0.485 e. The summed E-state index contributed by atoms with van der Waals surface area (Å²) in [5.41, 5.74) is 1.03. The molecule has 0 atom stereocenters. The van der Waals surface area contributed by atoms with Crippen LogP contribution in [0.3, 0.4) is 0 Å². The fourth-order valence-corrected chi connectivity index (χ4v) is 1.98. The maximum Gasteiger partial charge on any atom is 0.339 e. The van der Waals surface area contributed by atoms with Gasteiger partial charge in [0.05, 0.1) is 0 Å². The Bertz CT molecular complexity index is 635. The second-order valence-corrected chi connectivity index (χ2v) is 5.35. The lowest BCUT2D eigenvalue weighted by atomic mass is 10.1. The quantitative estimate of drug-likeness (QED) is 0.884. The van der Waals surface area contributed by atoms with Gasteiger partial charge in [-0.05, 0) is 25.0 Å². The third kappa shape index (κ3) is 3.81. The Balaban J connectivity index is 2.14. The van der Waals surface area contributed by atoms with E-state index >= 15 is 0 Å². The molecule has 0 amide bonds. The van der Waals surface area contributed by atoms with Crippen LogP contribution in [0.4, 0.5) is 0 Å². The molecule has 1 N–H and O–H groups in total. The maximum absolute atomic E-state index is 11.2. The molecule has 112 valence electrons. The summed E-state index contributed by atoms with van der Waals surface area (Å²) < 4.78 is 7.39. The Kier molecular flexibility index (Phi) is 4.57. The minimum atomic E-state index is -1.00. The van der Waals surface area contributed by atoms with Gasteiger partial charge in [0.15, 0.2) is 5.82 Å². The molecule has 1 heterocycles. The molecule has 1 aromatic heterocycles. The third-order valence-electron chi connectivity index (χ3n) is 2.96. The molecule has 2 rings (SSSR count). The van der Waals surface area contributed by atoms with Crippen molar-refractivity contribution in [2.45, 2.75) is 33.9 Å². The Morgan fingerprint density at radius 3 is 2.86 bits per heavy atom. The van der Waals surface area contributed by atoms with E-state index in [4.69, 9.17) is 4.74 Å². The van der Waals surface area contributed by atoms with E-state index in [1.165, 1.54) is 6.33 Å². The van der Waals surface area contributed by atoms with Crippen molar-refractivity contribution in [2.24, 2.45) is 5.92 Å². The van der Waals surface area contributed by atoms with Gasteiger partial charge >= 0.3 is 5.97 Å².